The second-order valence-corrected chi connectivity index (χ2v) is 6.41. The van der Waals surface area contributed by atoms with Gasteiger partial charge >= 0.3 is 6.03 Å². The van der Waals surface area contributed by atoms with Crippen molar-refractivity contribution in [1.82, 2.24) is 10.2 Å². The molecule has 23 heavy (non-hydrogen) atoms. The number of nitrogens with zero attached hydrogens (tertiary/aromatic N) is 1. The molecule has 2 heterocycles. The Morgan fingerprint density at radius 1 is 1.35 bits per heavy atom. The van der Waals surface area contributed by atoms with E-state index in [1.165, 1.54) is 0 Å². The molecule has 2 amide bonds. The second kappa shape index (κ2) is 6.62. The molecule has 0 saturated carbocycles. The van der Waals surface area contributed by atoms with Crippen molar-refractivity contribution in [1.29, 1.82) is 0 Å². The van der Waals surface area contributed by atoms with Crippen LogP contribution in [0.1, 0.15) is 31.9 Å². The van der Waals surface area contributed by atoms with E-state index in [0.29, 0.717) is 19.6 Å². The number of nitrogens with one attached hydrogen (secondary N) is 1. The molecule has 1 aromatic carbocycles. The lowest BCUT2D eigenvalue weighted by molar-refractivity contribution is 0.0518. The van der Waals surface area contributed by atoms with E-state index in [2.05, 4.69) is 12.2 Å². The van der Waals surface area contributed by atoms with E-state index in [4.69, 9.17) is 4.42 Å². The van der Waals surface area contributed by atoms with Crippen LogP contribution in [-0.2, 0) is 6.54 Å². The zero-order valence-electron chi connectivity index (χ0n) is 13.5. The van der Waals surface area contributed by atoms with Crippen molar-refractivity contribution in [3.63, 3.8) is 0 Å². The third kappa shape index (κ3) is 3.34. The van der Waals surface area contributed by atoms with Crippen LogP contribution < -0.4 is 5.32 Å². The van der Waals surface area contributed by atoms with E-state index >= 15 is 0 Å². The van der Waals surface area contributed by atoms with E-state index in [0.717, 1.165) is 36.0 Å². The number of carbonyl (C=O) groups is 1. The Kier molecular flexibility index (Phi) is 4.57. The molecule has 1 aliphatic rings. The summed E-state index contributed by atoms with van der Waals surface area (Å²) in [4.78, 5) is 14.1. The molecular weight excluding hydrogens is 292 g/mol. The Labute approximate surface area is 136 Å². The summed E-state index contributed by atoms with van der Waals surface area (Å²) in [5, 5.41) is 13.5. The summed E-state index contributed by atoms with van der Waals surface area (Å²) in [6.45, 7) is 4.09. The van der Waals surface area contributed by atoms with Crippen LogP contribution >= 0.6 is 0 Å². The van der Waals surface area contributed by atoms with Crippen LogP contribution in [0.25, 0.3) is 11.0 Å². The maximum Gasteiger partial charge on any atom is 0.317 e. The van der Waals surface area contributed by atoms with Gasteiger partial charge in [-0.05, 0) is 36.8 Å². The fourth-order valence-electron chi connectivity index (χ4n) is 3.21. The Bertz CT molecular complexity index is 633. The van der Waals surface area contributed by atoms with Crippen LogP contribution in [0.3, 0.4) is 0 Å². The molecular formula is C18H24N2O3. The minimum absolute atomic E-state index is 0.00445. The number of piperidine rings is 1. The molecule has 124 valence electrons. The molecule has 2 aromatic rings. The second-order valence-electron chi connectivity index (χ2n) is 6.41. The smallest absolute Gasteiger partial charge is 0.317 e. The zero-order valence-corrected chi connectivity index (χ0v) is 13.5. The highest BCUT2D eigenvalue weighted by Gasteiger charge is 2.33. The van der Waals surface area contributed by atoms with Gasteiger partial charge in [0.05, 0.1) is 6.54 Å². The van der Waals surface area contributed by atoms with Crippen LogP contribution in [-0.4, -0.2) is 35.7 Å². The molecule has 2 N–H and O–H groups in total. The number of hydrogen-bond donors (Lipinski definition) is 2. The van der Waals surface area contributed by atoms with Gasteiger partial charge in [-0.15, -0.1) is 0 Å². The van der Waals surface area contributed by atoms with Crippen LogP contribution in [0.4, 0.5) is 4.79 Å². The van der Waals surface area contributed by atoms with Gasteiger partial charge in [0.25, 0.3) is 0 Å². The van der Waals surface area contributed by atoms with Gasteiger partial charge in [-0.1, -0.05) is 25.1 Å². The zero-order chi connectivity index (χ0) is 16.3. The summed E-state index contributed by atoms with van der Waals surface area (Å²) in [5.41, 5.74) is 0.834. The van der Waals surface area contributed by atoms with E-state index < -0.39 is 0 Å². The van der Waals surface area contributed by atoms with Gasteiger partial charge in [0, 0.05) is 25.1 Å². The summed E-state index contributed by atoms with van der Waals surface area (Å²) in [6, 6.07) is 9.71. The molecule has 5 heteroatoms. The van der Waals surface area contributed by atoms with Gasteiger partial charge in [0.2, 0.25) is 0 Å². The first-order valence-electron chi connectivity index (χ1n) is 8.27. The molecule has 1 fully saturated rings. The predicted octanol–water partition coefficient (Wildman–Crippen LogP) is 3.13. The number of urea groups is 1. The number of para-hydroxylation sites is 1. The van der Waals surface area contributed by atoms with Gasteiger partial charge < -0.3 is 19.7 Å². The molecule has 5 nitrogen and oxygen atoms in total. The van der Waals surface area contributed by atoms with Crippen molar-refractivity contribution in [3.05, 3.63) is 36.1 Å². The highest BCUT2D eigenvalue weighted by atomic mass is 16.3. The van der Waals surface area contributed by atoms with Gasteiger partial charge in [0.1, 0.15) is 11.3 Å². The average Bonchev–Trinajstić information content (AvgIpc) is 3.02. The molecule has 0 unspecified atom stereocenters. The predicted molar refractivity (Wildman–Crippen MR) is 89.1 cm³/mol. The van der Waals surface area contributed by atoms with Gasteiger partial charge in [-0.25, -0.2) is 4.79 Å². The molecule has 0 aliphatic carbocycles. The van der Waals surface area contributed by atoms with Crippen molar-refractivity contribution in [3.8, 4) is 0 Å². The number of carbonyl (C=O) groups excluding carboxylic acids is 1. The third-order valence-corrected chi connectivity index (χ3v) is 5.09. The summed E-state index contributed by atoms with van der Waals surface area (Å²) < 4.78 is 5.71. The highest BCUT2D eigenvalue weighted by Crippen LogP contribution is 2.34. The molecule has 0 radical (unpaired) electrons. The number of amides is 2. The Morgan fingerprint density at radius 2 is 2.09 bits per heavy atom. The van der Waals surface area contributed by atoms with E-state index in [-0.39, 0.29) is 18.1 Å². The first-order chi connectivity index (χ1) is 11.2. The number of aliphatic hydroxyl groups is 1. The Balaban J connectivity index is 1.54. The van der Waals surface area contributed by atoms with Crippen molar-refractivity contribution in [2.45, 2.75) is 32.7 Å². The molecule has 1 aliphatic heterocycles. The van der Waals surface area contributed by atoms with Crippen LogP contribution in [0, 0.1) is 5.41 Å². The molecule has 1 aromatic heterocycles. The number of fused-ring (bicyclic) bond motifs is 1. The number of benzene rings is 1. The summed E-state index contributed by atoms with van der Waals surface area (Å²) in [5.74, 6) is 0.759. The number of aliphatic hydroxyl groups excluding tert-OH is 1. The van der Waals surface area contributed by atoms with Gasteiger partial charge in [0.15, 0.2) is 0 Å². The lowest BCUT2D eigenvalue weighted by Gasteiger charge is -2.40. The number of likely N-dealkylation sites (tertiary alicyclic amines) is 1. The fraction of sp³-hybridized carbons (Fsp3) is 0.500. The van der Waals surface area contributed by atoms with Crippen molar-refractivity contribution in [2.24, 2.45) is 5.41 Å². The molecule has 0 bridgehead atoms. The summed E-state index contributed by atoms with van der Waals surface area (Å²) in [7, 11) is 0. The van der Waals surface area contributed by atoms with E-state index in [1.807, 2.05) is 35.2 Å². The summed E-state index contributed by atoms with van der Waals surface area (Å²) >= 11 is 0. The van der Waals surface area contributed by atoms with Gasteiger partial charge in [-0.3, -0.25) is 0 Å². The normalized spacial score (nSPS) is 17.4. The number of rotatable bonds is 4. The van der Waals surface area contributed by atoms with Crippen LogP contribution in [0.5, 0.6) is 0 Å². The minimum atomic E-state index is -0.0619. The first-order valence-corrected chi connectivity index (χ1v) is 8.27. The van der Waals surface area contributed by atoms with Crippen LogP contribution in [0.15, 0.2) is 34.7 Å². The topological polar surface area (TPSA) is 65.7 Å². The number of hydrogen-bond acceptors (Lipinski definition) is 3. The Morgan fingerprint density at radius 3 is 2.74 bits per heavy atom. The number of furan rings is 1. The Hall–Kier alpha value is -2.01. The lowest BCUT2D eigenvalue weighted by Crippen LogP contribution is -2.48. The van der Waals surface area contributed by atoms with Gasteiger partial charge in [-0.2, -0.15) is 0 Å². The van der Waals surface area contributed by atoms with Crippen molar-refractivity contribution >= 4 is 17.0 Å². The first kappa shape index (κ1) is 15.9. The highest BCUT2D eigenvalue weighted by molar-refractivity contribution is 5.78. The van der Waals surface area contributed by atoms with E-state index in [9.17, 15) is 9.90 Å². The maximum absolute atomic E-state index is 12.3. The lowest BCUT2D eigenvalue weighted by atomic mass is 9.77. The fourth-order valence-corrected chi connectivity index (χ4v) is 3.21. The van der Waals surface area contributed by atoms with Crippen LogP contribution in [0.2, 0.25) is 0 Å². The monoisotopic (exact) mass is 316 g/mol. The maximum atomic E-state index is 12.3. The van der Waals surface area contributed by atoms with Crippen molar-refractivity contribution < 1.29 is 14.3 Å². The minimum Gasteiger partial charge on any atom is -0.459 e. The molecule has 3 rings (SSSR count). The standard InChI is InChI=1S/C18H24N2O3/c1-2-18(13-21)7-9-20(10-8-18)17(22)19-12-15-11-14-5-3-4-6-16(14)23-15/h3-6,11,21H,2,7-10,12-13H2,1H3,(H,19,22). The average molecular weight is 316 g/mol. The molecule has 0 spiro atoms. The summed E-state index contributed by atoms with van der Waals surface area (Å²) in [6.07, 6.45) is 2.67. The molecule has 0 atom stereocenters. The van der Waals surface area contributed by atoms with E-state index in [1.54, 1.807) is 0 Å². The SMILES string of the molecule is CCC1(CO)CCN(C(=O)NCc2cc3ccccc3o2)CC1. The quantitative estimate of drug-likeness (QED) is 0.911. The third-order valence-electron chi connectivity index (χ3n) is 5.09. The van der Waals surface area contributed by atoms with Crippen molar-refractivity contribution in [2.75, 3.05) is 19.7 Å². The largest absolute Gasteiger partial charge is 0.459 e. The molecule has 1 saturated heterocycles.